The minimum absolute atomic E-state index is 0.0858. The zero-order chi connectivity index (χ0) is 53.5. The van der Waals surface area contributed by atoms with Gasteiger partial charge in [0.25, 0.3) is 0 Å². The van der Waals surface area contributed by atoms with E-state index < -0.39 is 161 Å². The van der Waals surface area contributed by atoms with Gasteiger partial charge < -0.3 is 119 Å². The van der Waals surface area contributed by atoms with Crippen LogP contribution in [0.3, 0.4) is 0 Å². The summed E-state index contributed by atoms with van der Waals surface area (Å²) >= 11 is 0. The molecule has 9 fully saturated rings. The third kappa shape index (κ3) is 10.3. The molecule has 5 heterocycles. The van der Waals surface area contributed by atoms with Gasteiger partial charge in [-0.15, -0.1) is 0 Å². The first-order chi connectivity index (χ1) is 35.0. The maximum absolute atomic E-state index is 12.1. The van der Waals surface area contributed by atoms with Gasteiger partial charge in [-0.05, 0) is 97.7 Å². The average molecular weight is 1070 g/mol. The van der Waals surface area contributed by atoms with Crippen LogP contribution in [0, 0.1) is 52.3 Å². The van der Waals surface area contributed by atoms with E-state index >= 15 is 0 Å². The number of hydrogen-bond acceptors (Lipinski definition) is 24. The molecule has 32 unspecified atom stereocenters. The summed E-state index contributed by atoms with van der Waals surface area (Å²) in [5.41, 5.74) is -0.331. The molecule has 24 heteroatoms. The van der Waals surface area contributed by atoms with Crippen molar-refractivity contribution in [2.45, 2.75) is 226 Å². The van der Waals surface area contributed by atoms with Gasteiger partial charge in [-0.3, -0.25) is 0 Å². The van der Waals surface area contributed by atoms with Crippen LogP contribution >= 0.6 is 0 Å². The van der Waals surface area contributed by atoms with Crippen LogP contribution in [0.1, 0.15) is 85.5 Å². The molecule has 74 heavy (non-hydrogen) atoms. The molecule has 0 aromatic carbocycles. The molecule has 0 aromatic rings. The first-order valence-electron chi connectivity index (χ1n) is 26.9. The predicted octanol–water partition coefficient (Wildman–Crippen LogP) is -4.35. The van der Waals surface area contributed by atoms with Crippen molar-refractivity contribution in [2.75, 3.05) is 33.0 Å². The quantitative estimate of drug-likeness (QED) is 0.0689. The Kier molecular flexibility index (Phi) is 17.6. The minimum Gasteiger partial charge on any atom is -0.394 e. The lowest BCUT2D eigenvalue weighted by atomic mass is 9.44. The van der Waals surface area contributed by atoms with Crippen LogP contribution in [0.5, 0.6) is 0 Å². The van der Waals surface area contributed by atoms with Gasteiger partial charge in [0.1, 0.15) is 91.6 Å². The van der Waals surface area contributed by atoms with Gasteiger partial charge in [-0.2, -0.15) is 0 Å². The van der Waals surface area contributed by atoms with E-state index in [0.717, 1.165) is 32.1 Å². The third-order valence-electron chi connectivity index (χ3n) is 19.7. The maximum atomic E-state index is 12.1. The van der Waals surface area contributed by atoms with Gasteiger partial charge in [0.2, 0.25) is 0 Å². The maximum Gasteiger partial charge on any atom is 0.187 e. The van der Waals surface area contributed by atoms with Crippen LogP contribution < -0.4 is 0 Å². The van der Waals surface area contributed by atoms with Gasteiger partial charge in [0, 0.05) is 12.3 Å². The molecule has 0 amide bonds. The zero-order valence-electron chi connectivity index (χ0n) is 42.5. The molecule has 32 atom stereocenters. The number of hydrogen-bond donors (Lipinski definition) is 15. The van der Waals surface area contributed by atoms with Crippen LogP contribution in [0.2, 0.25) is 0 Å². The fraction of sp³-hybridized carbons (Fsp3) is 1.00. The highest BCUT2D eigenvalue weighted by Crippen LogP contribution is 2.71. The van der Waals surface area contributed by atoms with E-state index in [1.165, 1.54) is 0 Å². The van der Waals surface area contributed by atoms with Crippen molar-refractivity contribution in [3.05, 3.63) is 0 Å². The molecular weight excluding hydrogens is 985 g/mol. The van der Waals surface area contributed by atoms with Crippen molar-refractivity contribution in [2.24, 2.45) is 52.3 Å². The fourth-order valence-corrected chi connectivity index (χ4v) is 15.4. The highest BCUT2D eigenvalue weighted by atomic mass is 16.8. The van der Waals surface area contributed by atoms with Gasteiger partial charge in [0.05, 0.1) is 51.3 Å². The summed E-state index contributed by atoms with van der Waals surface area (Å²) in [7, 11) is 0. The van der Waals surface area contributed by atoms with Crippen LogP contribution in [0.25, 0.3) is 0 Å². The van der Waals surface area contributed by atoms with E-state index in [4.69, 9.17) is 42.6 Å². The number of aliphatic hydroxyl groups is 15. The molecule has 0 radical (unpaired) electrons. The lowest BCUT2D eigenvalue weighted by Gasteiger charge is -2.62. The van der Waals surface area contributed by atoms with E-state index in [0.29, 0.717) is 43.4 Å². The largest absolute Gasteiger partial charge is 0.394 e. The summed E-state index contributed by atoms with van der Waals surface area (Å²) < 4.78 is 52.7. The smallest absolute Gasteiger partial charge is 0.187 e. The lowest BCUT2D eigenvalue weighted by Crippen LogP contribution is -2.66. The predicted molar refractivity (Wildman–Crippen MR) is 247 cm³/mol. The monoisotopic (exact) mass is 1070 g/mol. The Morgan fingerprint density at radius 3 is 1.92 bits per heavy atom. The zero-order valence-corrected chi connectivity index (χ0v) is 42.5. The topological polar surface area (TPSA) is 387 Å². The first kappa shape index (κ1) is 57.7. The first-order valence-corrected chi connectivity index (χ1v) is 26.9. The van der Waals surface area contributed by atoms with Crippen molar-refractivity contribution >= 4 is 0 Å². The third-order valence-corrected chi connectivity index (χ3v) is 19.7. The second-order valence-corrected chi connectivity index (χ2v) is 24.0. The highest BCUT2D eigenvalue weighted by Gasteiger charge is 2.69. The SMILES string of the molecule is CC(CCC1(O)OC2CC3C4CCC5CC(OC6OC(CO)C(OC7OC(CO)C(O)C(OC8OCC(O)C(O)C8O)C7O)C(O)C6O)C(O)CC5(C)C4CCC3(C)C2C1C)COC1OC(CO)C(O)C(O)C1O. The van der Waals surface area contributed by atoms with Gasteiger partial charge in [-0.1, -0.05) is 27.7 Å². The molecule has 4 aliphatic carbocycles. The van der Waals surface area contributed by atoms with Crippen molar-refractivity contribution in [3.8, 4) is 0 Å². The molecule has 0 aromatic heterocycles. The van der Waals surface area contributed by atoms with E-state index in [2.05, 4.69) is 20.8 Å². The number of rotatable bonds is 15. The second kappa shape index (κ2) is 22.5. The molecule has 5 saturated heterocycles. The number of aliphatic hydroxyl groups excluding tert-OH is 14. The minimum atomic E-state index is -1.90. The van der Waals surface area contributed by atoms with Crippen molar-refractivity contribution in [3.63, 3.8) is 0 Å². The van der Waals surface area contributed by atoms with E-state index in [9.17, 15) is 76.6 Å². The van der Waals surface area contributed by atoms with Crippen LogP contribution in [-0.4, -0.2) is 250 Å². The van der Waals surface area contributed by atoms with Crippen LogP contribution in [0.4, 0.5) is 0 Å². The Balaban J connectivity index is 0.783. The molecule has 428 valence electrons. The van der Waals surface area contributed by atoms with Crippen molar-refractivity contribution in [1.29, 1.82) is 0 Å². The van der Waals surface area contributed by atoms with Gasteiger partial charge in [-0.25, -0.2) is 0 Å². The molecule has 0 bridgehead atoms. The van der Waals surface area contributed by atoms with Crippen molar-refractivity contribution in [1.82, 2.24) is 0 Å². The Bertz CT molecular complexity index is 1860. The Morgan fingerprint density at radius 1 is 0.595 bits per heavy atom. The lowest BCUT2D eigenvalue weighted by molar-refractivity contribution is -0.379. The van der Waals surface area contributed by atoms with Crippen molar-refractivity contribution < 1.29 is 119 Å². The molecule has 15 N–H and O–H groups in total. The molecule has 24 nitrogen and oxygen atoms in total. The number of ether oxygens (including phenoxy) is 9. The summed E-state index contributed by atoms with van der Waals surface area (Å²) in [6, 6.07) is 0. The average Bonchev–Trinajstić information content (AvgIpc) is 3.81. The molecule has 0 spiro atoms. The van der Waals surface area contributed by atoms with E-state index in [1.807, 2.05) is 6.92 Å². The standard InChI is InChI=1S/C50H84O24/c1-19(17-66-44-39(62)36(59)34(57)29(14-51)69-44)7-10-50(65)20(2)32-28(74-50)12-24-22-6-5-21-11-27(25(54)13-49(21,4)23(22)8-9-48(24,32)3)68-46-40(63)37(60)42(31(16-53)71-46)72-47-41(64)43(35(58)30(15-52)70-47)73-45-38(61)33(56)26(55)18-67-45/h19-47,51-65H,5-18H2,1-4H3. The molecule has 9 aliphatic rings. The summed E-state index contributed by atoms with van der Waals surface area (Å²) in [4.78, 5) is 0. The normalized spacial score (nSPS) is 56.0. The van der Waals surface area contributed by atoms with E-state index in [-0.39, 0.29) is 47.2 Å². The summed E-state index contributed by atoms with van der Waals surface area (Å²) in [6.45, 7) is 6.23. The Morgan fingerprint density at radius 2 is 1.22 bits per heavy atom. The van der Waals surface area contributed by atoms with E-state index in [1.54, 1.807) is 0 Å². The summed E-state index contributed by atoms with van der Waals surface area (Å²) in [5, 5.41) is 160. The summed E-state index contributed by atoms with van der Waals surface area (Å²) in [5.74, 6) is -0.302. The van der Waals surface area contributed by atoms with Gasteiger partial charge in [0.15, 0.2) is 30.9 Å². The van der Waals surface area contributed by atoms with Gasteiger partial charge >= 0.3 is 0 Å². The van der Waals surface area contributed by atoms with Crippen LogP contribution in [-0.2, 0) is 42.6 Å². The molecule has 4 saturated carbocycles. The summed E-state index contributed by atoms with van der Waals surface area (Å²) in [6.07, 6.45) is -25.5. The fourth-order valence-electron chi connectivity index (χ4n) is 15.4. The molecule has 5 aliphatic heterocycles. The molecular formula is C50H84O24. The Labute approximate surface area is 430 Å². The Hall–Kier alpha value is -0.960. The number of fused-ring (bicyclic) bond motifs is 7. The highest BCUT2D eigenvalue weighted by molar-refractivity contribution is 5.15. The molecule has 9 rings (SSSR count). The van der Waals surface area contributed by atoms with Crippen LogP contribution in [0.15, 0.2) is 0 Å². The second-order valence-electron chi connectivity index (χ2n) is 24.0.